The molecule has 0 spiro atoms. The van der Waals surface area contributed by atoms with Crippen LogP contribution in [0, 0.1) is 5.92 Å². The Morgan fingerprint density at radius 2 is 1.85 bits per heavy atom. The molecule has 7 heteroatoms. The normalized spacial score (nSPS) is 21.8. The van der Waals surface area contributed by atoms with Gasteiger partial charge >= 0.3 is 12.1 Å². The third-order valence-electron chi connectivity index (χ3n) is 1.54. The number of alkyl halides is 3. The van der Waals surface area contributed by atoms with Gasteiger partial charge in [0.05, 0.1) is 13.2 Å². The zero-order chi connectivity index (χ0) is 10.1. The maximum atomic E-state index is 12.1. The first kappa shape index (κ1) is 10.3. The van der Waals surface area contributed by atoms with E-state index in [4.69, 9.17) is 5.11 Å². The number of carbonyl (C=O) groups is 1. The van der Waals surface area contributed by atoms with Crippen molar-refractivity contribution < 1.29 is 32.5 Å². The van der Waals surface area contributed by atoms with E-state index in [2.05, 4.69) is 9.47 Å². The van der Waals surface area contributed by atoms with Gasteiger partial charge in [-0.25, -0.2) is 0 Å². The largest absolute Gasteiger partial charge is 0.481 e. The van der Waals surface area contributed by atoms with Gasteiger partial charge in [-0.15, -0.1) is 0 Å². The van der Waals surface area contributed by atoms with E-state index in [9.17, 15) is 18.0 Å². The number of hydrogen-bond acceptors (Lipinski definition) is 3. The molecule has 4 nitrogen and oxygen atoms in total. The van der Waals surface area contributed by atoms with Gasteiger partial charge < -0.3 is 14.6 Å². The minimum absolute atomic E-state index is 0.00940. The Labute approximate surface area is 71.2 Å². The average molecular weight is 200 g/mol. The standard InChI is InChI=1S/C6H7F3O4/c7-6(8,9)3(4(10)11)5-12-1-2-13-5/h3,5H,1-2H2,(H,10,11). The van der Waals surface area contributed by atoms with Gasteiger partial charge in [0, 0.05) is 0 Å². The van der Waals surface area contributed by atoms with Crippen LogP contribution in [0.25, 0.3) is 0 Å². The molecule has 1 N–H and O–H groups in total. The molecule has 13 heavy (non-hydrogen) atoms. The van der Waals surface area contributed by atoms with Crippen LogP contribution in [0.15, 0.2) is 0 Å². The predicted molar refractivity (Wildman–Crippen MR) is 32.9 cm³/mol. The van der Waals surface area contributed by atoms with Gasteiger partial charge in [-0.3, -0.25) is 4.79 Å². The monoisotopic (exact) mass is 200 g/mol. The summed E-state index contributed by atoms with van der Waals surface area (Å²) in [5.41, 5.74) is 0. The Bertz CT molecular complexity index is 197. The Morgan fingerprint density at radius 3 is 2.15 bits per heavy atom. The highest BCUT2D eigenvalue weighted by Crippen LogP contribution is 2.32. The summed E-state index contributed by atoms with van der Waals surface area (Å²) < 4.78 is 45.2. The summed E-state index contributed by atoms with van der Waals surface area (Å²) in [6, 6.07) is 0. The molecule has 0 radical (unpaired) electrons. The maximum Gasteiger partial charge on any atom is 0.407 e. The third-order valence-corrected chi connectivity index (χ3v) is 1.54. The molecule has 1 aliphatic heterocycles. The SMILES string of the molecule is O=C(O)C(C1OCCO1)C(F)(F)F. The Morgan fingerprint density at radius 1 is 1.38 bits per heavy atom. The van der Waals surface area contributed by atoms with Gasteiger partial charge in [0.1, 0.15) is 0 Å². The van der Waals surface area contributed by atoms with Gasteiger partial charge in [-0.1, -0.05) is 0 Å². The van der Waals surface area contributed by atoms with Crippen LogP contribution in [0.1, 0.15) is 0 Å². The third kappa shape index (κ3) is 2.31. The van der Waals surface area contributed by atoms with Crippen LogP contribution in [-0.4, -0.2) is 36.8 Å². The number of carboxylic acids is 1. The molecule has 1 saturated heterocycles. The topological polar surface area (TPSA) is 55.8 Å². The Hall–Kier alpha value is -0.820. The zero-order valence-corrected chi connectivity index (χ0v) is 6.37. The van der Waals surface area contributed by atoms with Gasteiger partial charge in [0.15, 0.2) is 6.29 Å². The van der Waals surface area contributed by atoms with Crippen molar-refractivity contribution >= 4 is 5.97 Å². The first-order chi connectivity index (χ1) is 5.93. The second-order valence-electron chi connectivity index (χ2n) is 2.47. The van der Waals surface area contributed by atoms with Crippen molar-refractivity contribution in [1.82, 2.24) is 0 Å². The molecule has 0 aliphatic carbocycles. The van der Waals surface area contributed by atoms with E-state index < -0.39 is 24.4 Å². The quantitative estimate of drug-likeness (QED) is 0.709. The lowest BCUT2D eigenvalue weighted by Crippen LogP contribution is -2.40. The summed E-state index contributed by atoms with van der Waals surface area (Å²) in [7, 11) is 0. The van der Waals surface area contributed by atoms with Crippen LogP contribution in [0.5, 0.6) is 0 Å². The smallest absolute Gasteiger partial charge is 0.407 e. The molecule has 1 aliphatic rings. The lowest BCUT2D eigenvalue weighted by molar-refractivity contribution is -0.239. The summed E-state index contributed by atoms with van der Waals surface area (Å²) in [4.78, 5) is 10.3. The second-order valence-corrected chi connectivity index (χ2v) is 2.47. The van der Waals surface area contributed by atoms with E-state index in [0.29, 0.717) is 0 Å². The number of rotatable bonds is 2. The van der Waals surface area contributed by atoms with Crippen molar-refractivity contribution in [3.8, 4) is 0 Å². The van der Waals surface area contributed by atoms with Crippen molar-refractivity contribution in [2.24, 2.45) is 5.92 Å². The van der Waals surface area contributed by atoms with Gasteiger partial charge in [-0.05, 0) is 0 Å². The number of ether oxygens (including phenoxy) is 2. The number of aliphatic carboxylic acids is 1. The number of halogens is 3. The van der Waals surface area contributed by atoms with E-state index in [1.54, 1.807) is 0 Å². The molecule has 0 amide bonds. The predicted octanol–water partition coefficient (Wildman–Crippen LogP) is 0.622. The van der Waals surface area contributed by atoms with Gasteiger partial charge in [-0.2, -0.15) is 13.2 Å². The molecule has 1 atom stereocenters. The second kappa shape index (κ2) is 3.51. The summed E-state index contributed by atoms with van der Waals surface area (Å²) in [5, 5.41) is 8.29. The molecule has 1 heterocycles. The first-order valence-corrected chi connectivity index (χ1v) is 3.45. The van der Waals surface area contributed by atoms with Crippen molar-refractivity contribution in [3.63, 3.8) is 0 Å². The fourth-order valence-electron chi connectivity index (χ4n) is 0.980. The molecule has 1 fully saturated rings. The summed E-state index contributed by atoms with van der Waals surface area (Å²) >= 11 is 0. The lowest BCUT2D eigenvalue weighted by Gasteiger charge is -2.20. The van der Waals surface area contributed by atoms with E-state index in [1.807, 2.05) is 0 Å². The Balaban J connectivity index is 2.72. The zero-order valence-electron chi connectivity index (χ0n) is 6.37. The van der Waals surface area contributed by atoms with E-state index >= 15 is 0 Å². The molecular weight excluding hydrogens is 193 g/mol. The maximum absolute atomic E-state index is 12.1. The average Bonchev–Trinajstić information content (AvgIpc) is 2.34. The molecule has 0 saturated carbocycles. The minimum Gasteiger partial charge on any atom is -0.481 e. The first-order valence-electron chi connectivity index (χ1n) is 3.45. The molecule has 0 aromatic carbocycles. The molecule has 76 valence electrons. The molecule has 0 bridgehead atoms. The summed E-state index contributed by atoms with van der Waals surface area (Å²) in [6.07, 6.45) is -6.56. The van der Waals surface area contributed by atoms with Crippen LogP contribution in [0.2, 0.25) is 0 Å². The highest BCUT2D eigenvalue weighted by Gasteiger charge is 2.52. The Kier molecular flexibility index (Phi) is 2.77. The molecule has 0 aromatic rings. The molecule has 1 unspecified atom stereocenters. The van der Waals surface area contributed by atoms with Gasteiger partial charge in [0.2, 0.25) is 5.92 Å². The van der Waals surface area contributed by atoms with Crippen LogP contribution in [0.4, 0.5) is 13.2 Å². The number of hydrogen-bond donors (Lipinski definition) is 1. The van der Waals surface area contributed by atoms with Crippen LogP contribution in [0.3, 0.4) is 0 Å². The summed E-state index contributed by atoms with van der Waals surface area (Å²) in [6.45, 7) is -0.0188. The van der Waals surface area contributed by atoms with Crippen molar-refractivity contribution in [2.45, 2.75) is 12.5 Å². The van der Waals surface area contributed by atoms with Crippen LogP contribution in [-0.2, 0) is 14.3 Å². The van der Waals surface area contributed by atoms with E-state index in [0.717, 1.165) is 0 Å². The van der Waals surface area contributed by atoms with Crippen molar-refractivity contribution in [1.29, 1.82) is 0 Å². The molecular formula is C6H7F3O4. The highest BCUT2D eigenvalue weighted by molar-refractivity contribution is 5.71. The highest BCUT2D eigenvalue weighted by atomic mass is 19.4. The molecule has 0 aromatic heterocycles. The minimum atomic E-state index is -4.85. The number of carboxylic acid groups (broad SMARTS) is 1. The van der Waals surface area contributed by atoms with E-state index in [-0.39, 0.29) is 13.2 Å². The fourth-order valence-corrected chi connectivity index (χ4v) is 0.980. The van der Waals surface area contributed by atoms with Crippen LogP contribution >= 0.6 is 0 Å². The van der Waals surface area contributed by atoms with Gasteiger partial charge in [0.25, 0.3) is 0 Å². The van der Waals surface area contributed by atoms with E-state index in [1.165, 1.54) is 0 Å². The summed E-state index contributed by atoms with van der Waals surface area (Å²) in [5.74, 6) is -4.59. The van der Waals surface area contributed by atoms with Crippen molar-refractivity contribution in [3.05, 3.63) is 0 Å². The van der Waals surface area contributed by atoms with Crippen LogP contribution < -0.4 is 0 Å². The molecule has 1 rings (SSSR count). The fraction of sp³-hybridized carbons (Fsp3) is 0.833. The van der Waals surface area contributed by atoms with Crippen molar-refractivity contribution in [2.75, 3.05) is 13.2 Å². The lowest BCUT2D eigenvalue weighted by atomic mass is 10.1.